The molecule has 0 saturated carbocycles. The van der Waals surface area contributed by atoms with Gasteiger partial charge in [-0.1, -0.05) is 18.2 Å². The summed E-state index contributed by atoms with van der Waals surface area (Å²) in [6, 6.07) is 9.33. The first kappa shape index (κ1) is 15.5. The van der Waals surface area contributed by atoms with E-state index in [2.05, 4.69) is 5.32 Å². The van der Waals surface area contributed by atoms with E-state index >= 15 is 0 Å². The topological polar surface area (TPSA) is 69.7 Å². The summed E-state index contributed by atoms with van der Waals surface area (Å²) >= 11 is 0. The van der Waals surface area contributed by atoms with E-state index in [4.69, 9.17) is 0 Å². The number of nitrogens with one attached hydrogen (secondary N) is 1. The summed E-state index contributed by atoms with van der Waals surface area (Å²) in [5, 5.41) is 2.68. The van der Waals surface area contributed by atoms with E-state index in [1.807, 2.05) is 30.3 Å². The summed E-state index contributed by atoms with van der Waals surface area (Å²) in [6.45, 7) is 1.94. The molecule has 3 amide bonds. The zero-order valence-corrected chi connectivity index (χ0v) is 13.0. The largest absolute Gasteiger partial charge is 0.347 e. The van der Waals surface area contributed by atoms with E-state index in [0.717, 1.165) is 31.6 Å². The average molecular weight is 315 g/mol. The van der Waals surface area contributed by atoms with Gasteiger partial charge in [0, 0.05) is 31.7 Å². The van der Waals surface area contributed by atoms with E-state index in [1.165, 1.54) is 0 Å². The lowest BCUT2D eigenvalue weighted by molar-refractivity contribution is -0.133. The fourth-order valence-electron chi connectivity index (χ4n) is 3.13. The maximum atomic E-state index is 12.2. The van der Waals surface area contributed by atoms with Crippen molar-refractivity contribution in [2.45, 2.75) is 19.3 Å². The van der Waals surface area contributed by atoms with Crippen molar-refractivity contribution in [3.8, 4) is 0 Å². The first-order valence-electron chi connectivity index (χ1n) is 8.06. The van der Waals surface area contributed by atoms with Gasteiger partial charge in [0.2, 0.25) is 17.7 Å². The molecule has 0 bridgehead atoms. The van der Waals surface area contributed by atoms with Crippen LogP contribution in [0.4, 0.5) is 5.69 Å². The van der Waals surface area contributed by atoms with Gasteiger partial charge in [0.05, 0.1) is 12.5 Å². The van der Waals surface area contributed by atoms with Crippen molar-refractivity contribution in [3.63, 3.8) is 0 Å². The fourth-order valence-corrected chi connectivity index (χ4v) is 3.13. The van der Waals surface area contributed by atoms with Crippen molar-refractivity contribution in [1.29, 1.82) is 0 Å². The van der Waals surface area contributed by atoms with Gasteiger partial charge in [-0.3, -0.25) is 14.4 Å². The number of hydrogen-bond acceptors (Lipinski definition) is 3. The minimum Gasteiger partial charge on any atom is -0.347 e. The maximum absolute atomic E-state index is 12.2. The second-order valence-corrected chi connectivity index (χ2v) is 6.05. The molecule has 122 valence electrons. The summed E-state index contributed by atoms with van der Waals surface area (Å²) in [7, 11) is 0. The number of hydrogen-bond donors (Lipinski definition) is 1. The van der Waals surface area contributed by atoms with Crippen molar-refractivity contribution in [1.82, 2.24) is 10.2 Å². The molecular weight excluding hydrogens is 294 g/mol. The van der Waals surface area contributed by atoms with E-state index in [0.29, 0.717) is 6.54 Å². The molecule has 6 heteroatoms. The van der Waals surface area contributed by atoms with Gasteiger partial charge in [-0.05, 0) is 25.0 Å². The molecule has 3 rings (SSSR count). The molecule has 0 radical (unpaired) electrons. The second-order valence-electron chi connectivity index (χ2n) is 6.05. The van der Waals surface area contributed by atoms with Gasteiger partial charge in [-0.2, -0.15) is 0 Å². The number of nitrogens with zero attached hydrogens (tertiary/aromatic N) is 2. The zero-order valence-electron chi connectivity index (χ0n) is 13.0. The number of para-hydroxylation sites is 1. The first-order valence-corrected chi connectivity index (χ1v) is 8.06. The van der Waals surface area contributed by atoms with Crippen LogP contribution in [0.15, 0.2) is 30.3 Å². The van der Waals surface area contributed by atoms with Crippen LogP contribution in [0.2, 0.25) is 0 Å². The van der Waals surface area contributed by atoms with Crippen LogP contribution >= 0.6 is 0 Å². The predicted octanol–water partition coefficient (Wildman–Crippen LogP) is 0.778. The standard InChI is InChI=1S/C17H21N3O3/c21-15-10-13(12-20(15)14-6-2-1-3-7-14)17(23)18-11-16(22)19-8-4-5-9-19/h1-3,6-7,13H,4-5,8-12H2,(H,18,23)/t13-/m0/s1. The van der Waals surface area contributed by atoms with Gasteiger partial charge in [-0.25, -0.2) is 0 Å². The lowest BCUT2D eigenvalue weighted by Gasteiger charge is -2.18. The Labute approximate surface area is 135 Å². The molecule has 2 aliphatic rings. The molecule has 0 aliphatic carbocycles. The average Bonchev–Trinajstić information content (AvgIpc) is 3.23. The maximum Gasteiger partial charge on any atom is 0.241 e. The van der Waals surface area contributed by atoms with Crippen molar-refractivity contribution in [2.75, 3.05) is 31.1 Å². The Morgan fingerprint density at radius 1 is 1.13 bits per heavy atom. The molecule has 0 spiro atoms. The van der Waals surface area contributed by atoms with Crippen molar-refractivity contribution >= 4 is 23.4 Å². The predicted molar refractivity (Wildman–Crippen MR) is 85.7 cm³/mol. The minimum absolute atomic E-state index is 0.0227. The Balaban J connectivity index is 1.52. The molecule has 2 saturated heterocycles. The molecule has 1 aromatic carbocycles. The number of carbonyl (C=O) groups is 3. The summed E-state index contributed by atoms with van der Waals surface area (Å²) in [5.74, 6) is -0.708. The van der Waals surface area contributed by atoms with E-state index in [1.54, 1.807) is 9.80 Å². The number of anilines is 1. The molecule has 0 aromatic heterocycles. The monoisotopic (exact) mass is 315 g/mol. The summed E-state index contributed by atoms with van der Waals surface area (Å²) in [5.41, 5.74) is 0.806. The number of amides is 3. The van der Waals surface area contributed by atoms with Crippen LogP contribution in [0.1, 0.15) is 19.3 Å². The SMILES string of the molecule is O=C(NCC(=O)N1CCCC1)[C@H]1CC(=O)N(c2ccccc2)C1. The molecule has 2 aliphatic heterocycles. The summed E-state index contributed by atoms with van der Waals surface area (Å²) in [4.78, 5) is 39.7. The Bertz CT molecular complexity index is 596. The molecule has 2 heterocycles. The lowest BCUT2D eigenvalue weighted by Crippen LogP contribution is -2.41. The van der Waals surface area contributed by atoms with Gasteiger partial charge in [0.15, 0.2) is 0 Å². The Kier molecular flexibility index (Phi) is 4.60. The lowest BCUT2D eigenvalue weighted by atomic mass is 10.1. The molecule has 1 atom stereocenters. The summed E-state index contributed by atoms with van der Waals surface area (Å²) in [6.07, 6.45) is 2.25. The van der Waals surface area contributed by atoms with Crippen LogP contribution in [-0.2, 0) is 14.4 Å². The molecule has 1 N–H and O–H groups in total. The molecule has 23 heavy (non-hydrogen) atoms. The van der Waals surface area contributed by atoms with Crippen LogP contribution in [0.5, 0.6) is 0 Å². The van der Waals surface area contributed by atoms with Crippen molar-refractivity contribution in [2.24, 2.45) is 5.92 Å². The van der Waals surface area contributed by atoms with Gasteiger partial charge >= 0.3 is 0 Å². The van der Waals surface area contributed by atoms with Gasteiger partial charge in [0.25, 0.3) is 0 Å². The third-order valence-corrected chi connectivity index (χ3v) is 4.44. The number of likely N-dealkylation sites (tertiary alicyclic amines) is 1. The van der Waals surface area contributed by atoms with Crippen LogP contribution in [-0.4, -0.2) is 48.8 Å². The number of rotatable bonds is 4. The van der Waals surface area contributed by atoms with Crippen molar-refractivity contribution < 1.29 is 14.4 Å². The molecular formula is C17H21N3O3. The minimum atomic E-state index is -0.394. The Morgan fingerprint density at radius 3 is 2.52 bits per heavy atom. The Hall–Kier alpha value is -2.37. The molecule has 0 unspecified atom stereocenters. The first-order chi connectivity index (χ1) is 11.1. The zero-order chi connectivity index (χ0) is 16.2. The molecule has 2 fully saturated rings. The third-order valence-electron chi connectivity index (χ3n) is 4.44. The summed E-state index contributed by atoms with van der Waals surface area (Å²) < 4.78 is 0. The van der Waals surface area contributed by atoms with Gasteiger partial charge in [-0.15, -0.1) is 0 Å². The molecule has 6 nitrogen and oxygen atoms in total. The van der Waals surface area contributed by atoms with E-state index in [9.17, 15) is 14.4 Å². The smallest absolute Gasteiger partial charge is 0.241 e. The van der Waals surface area contributed by atoms with E-state index < -0.39 is 5.92 Å². The van der Waals surface area contributed by atoms with Gasteiger partial charge < -0.3 is 15.1 Å². The van der Waals surface area contributed by atoms with Crippen molar-refractivity contribution in [3.05, 3.63) is 30.3 Å². The van der Waals surface area contributed by atoms with Crippen LogP contribution in [0, 0.1) is 5.92 Å². The quantitative estimate of drug-likeness (QED) is 0.892. The fraction of sp³-hybridized carbons (Fsp3) is 0.471. The third kappa shape index (κ3) is 3.52. The number of carbonyl (C=O) groups excluding carboxylic acids is 3. The highest BCUT2D eigenvalue weighted by atomic mass is 16.2. The number of benzene rings is 1. The normalized spacial score (nSPS) is 20.9. The van der Waals surface area contributed by atoms with Gasteiger partial charge in [0.1, 0.15) is 0 Å². The van der Waals surface area contributed by atoms with E-state index in [-0.39, 0.29) is 30.7 Å². The van der Waals surface area contributed by atoms with Crippen LogP contribution in [0.3, 0.4) is 0 Å². The second kappa shape index (κ2) is 6.81. The van der Waals surface area contributed by atoms with Crippen LogP contribution in [0.25, 0.3) is 0 Å². The highest BCUT2D eigenvalue weighted by Gasteiger charge is 2.35. The van der Waals surface area contributed by atoms with Crippen LogP contribution < -0.4 is 10.2 Å². The highest BCUT2D eigenvalue weighted by molar-refractivity contribution is 6.00. The highest BCUT2D eigenvalue weighted by Crippen LogP contribution is 2.24. The Morgan fingerprint density at radius 2 is 1.83 bits per heavy atom. The molecule has 1 aromatic rings.